The Hall–Kier alpha value is -1.74. The Morgan fingerprint density at radius 3 is 2.94 bits per heavy atom. The van der Waals surface area contributed by atoms with E-state index in [4.69, 9.17) is 4.74 Å². The molecule has 3 nitrogen and oxygen atoms in total. The smallest absolute Gasteiger partial charge is 0.167 e. The van der Waals surface area contributed by atoms with Gasteiger partial charge in [-0.2, -0.15) is 0 Å². The second-order valence-electron chi connectivity index (χ2n) is 4.05. The molecule has 0 radical (unpaired) electrons. The number of aliphatic hydroxyl groups is 1. The van der Waals surface area contributed by atoms with E-state index in [1.165, 1.54) is 0 Å². The molecule has 82 valence electrons. The van der Waals surface area contributed by atoms with E-state index in [1.807, 2.05) is 43.3 Å². The molecule has 1 aliphatic carbocycles. The molecule has 3 heteroatoms. The van der Waals surface area contributed by atoms with Crippen molar-refractivity contribution in [3.05, 3.63) is 52.9 Å². The molecule has 3 rings (SSSR count). The van der Waals surface area contributed by atoms with Gasteiger partial charge in [-0.1, -0.05) is 30.3 Å². The average Bonchev–Trinajstić information content (AvgIpc) is 2.62. The zero-order valence-corrected chi connectivity index (χ0v) is 8.97. The van der Waals surface area contributed by atoms with E-state index in [0.717, 1.165) is 22.6 Å². The maximum Gasteiger partial charge on any atom is 0.167 e. The lowest BCUT2D eigenvalue weighted by molar-refractivity contribution is 0.151. The van der Waals surface area contributed by atoms with Gasteiger partial charge < -0.3 is 15.2 Å². The zero-order chi connectivity index (χ0) is 11.1. The molecule has 0 saturated carbocycles. The van der Waals surface area contributed by atoms with Crippen molar-refractivity contribution in [1.29, 1.82) is 0 Å². The molecule has 2 atom stereocenters. The first-order chi connectivity index (χ1) is 7.75. The molecule has 1 aromatic carbocycles. The van der Waals surface area contributed by atoms with Crippen LogP contribution in [-0.2, 0) is 4.74 Å². The molecule has 2 N–H and O–H groups in total. The number of fused-ring (bicyclic) bond motifs is 1. The standard InChI is InChI=1S/C13H13NO2/c1-8-14-12-11(16-8)7-6-9-4-2-3-5-10(9)13(12)15/h2-8,13-15H,1H3. The van der Waals surface area contributed by atoms with Crippen LogP contribution in [0.5, 0.6) is 0 Å². The third-order valence-corrected chi connectivity index (χ3v) is 2.91. The van der Waals surface area contributed by atoms with Crippen molar-refractivity contribution in [2.45, 2.75) is 19.3 Å². The number of nitrogens with one attached hydrogen (secondary N) is 1. The van der Waals surface area contributed by atoms with Crippen LogP contribution in [0.3, 0.4) is 0 Å². The zero-order valence-electron chi connectivity index (χ0n) is 8.97. The summed E-state index contributed by atoms with van der Waals surface area (Å²) in [6.45, 7) is 1.92. The summed E-state index contributed by atoms with van der Waals surface area (Å²) in [4.78, 5) is 0. The summed E-state index contributed by atoms with van der Waals surface area (Å²) >= 11 is 0. The van der Waals surface area contributed by atoms with Crippen molar-refractivity contribution in [1.82, 2.24) is 5.32 Å². The Morgan fingerprint density at radius 1 is 1.25 bits per heavy atom. The Kier molecular flexibility index (Phi) is 2.01. The van der Waals surface area contributed by atoms with Crippen molar-refractivity contribution in [3.8, 4) is 0 Å². The molecule has 0 bridgehead atoms. The summed E-state index contributed by atoms with van der Waals surface area (Å²) in [6, 6.07) is 7.81. The number of hydrogen-bond acceptors (Lipinski definition) is 3. The van der Waals surface area contributed by atoms with Crippen LogP contribution in [0.25, 0.3) is 6.08 Å². The van der Waals surface area contributed by atoms with Crippen LogP contribution in [0.2, 0.25) is 0 Å². The van der Waals surface area contributed by atoms with Crippen LogP contribution < -0.4 is 5.32 Å². The molecular formula is C13H13NO2. The minimum Gasteiger partial charge on any atom is -0.469 e. The van der Waals surface area contributed by atoms with Crippen LogP contribution in [0.15, 0.2) is 41.8 Å². The lowest BCUT2D eigenvalue weighted by atomic mass is 10.0. The van der Waals surface area contributed by atoms with E-state index in [9.17, 15) is 5.11 Å². The van der Waals surface area contributed by atoms with Gasteiger partial charge in [0.1, 0.15) is 11.9 Å². The van der Waals surface area contributed by atoms with Crippen molar-refractivity contribution >= 4 is 6.08 Å². The molecule has 1 aliphatic heterocycles. The van der Waals surface area contributed by atoms with E-state index < -0.39 is 6.10 Å². The van der Waals surface area contributed by atoms with Crippen LogP contribution in [0, 0.1) is 0 Å². The van der Waals surface area contributed by atoms with Crippen LogP contribution in [0.4, 0.5) is 0 Å². The SMILES string of the molecule is CC1NC2=C(C=Cc3ccccc3C2O)O1. The highest BCUT2D eigenvalue weighted by Crippen LogP contribution is 2.33. The average molecular weight is 215 g/mol. The van der Waals surface area contributed by atoms with Gasteiger partial charge in [0.2, 0.25) is 0 Å². The van der Waals surface area contributed by atoms with Gasteiger partial charge in [-0.15, -0.1) is 0 Å². The van der Waals surface area contributed by atoms with Crippen molar-refractivity contribution in [2.75, 3.05) is 0 Å². The van der Waals surface area contributed by atoms with Crippen LogP contribution in [-0.4, -0.2) is 11.3 Å². The highest BCUT2D eigenvalue weighted by atomic mass is 16.5. The number of allylic oxidation sites excluding steroid dienone is 1. The molecular weight excluding hydrogens is 202 g/mol. The van der Waals surface area contributed by atoms with Crippen LogP contribution in [0.1, 0.15) is 24.2 Å². The van der Waals surface area contributed by atoms with E-state index in [1.54, 1.807) is 0 Å². The van der Waals surface area contributed by atoms with E-state index in [0.29, 0.717) is 0 Å². The number of benzene rings is 1. The molecule has 0 amide bonds. The fourth-order valence-electron chi connectivity index (χ4n) is 2.15. The summed E-state index contributed by atoms with van der Waals surface area (Å²) in [5, 5.41) is 13.4. The summed E-state index contributed by atoms with van der Waals surface area (Å²) in [6.07, 6.45) is 3.17. The van der Waals surface area contributed by atoms with Crippen LogP contribution >= 0.6 is 0 Å². The van der Waals surface area contributed by atoms with Crippen molar-refractivity contribution in [2.24, 2.45) is 0 Å². The van der Waals surface area contributed by atoms with Gasteiger partial charge in [0.15, 0.2) is 6.23 Å². The topological polar surface area (TPSA) is 41.5 Å². The highest BCUT2D eigenvalue weighted by Gasteiger charge is 2.28. The molecule has 1 aromatic rings. The fraction of sp³-hybridized carbons (Fsp3) is 0.231. The Morgan fingerprint density at radius 2 is 2.06 bits per heavy atom. The maximum atomic E-state index is 10.3. The van der Waals surface area contributed by atoms with Crippen molar-refractivity contribution in [3.63, 3.8) is 0 Å². The second-order valence-corrected chi connectivity index (χ2v) is 4.05. The van der Waals surface area contributed by atoms with E-state index in [-0.39, 0.29) is 6.23 Å². The Labute approximate surface area is 94.1 Å². The molecule has 2 unspecified atom stereocenters. The highest BCUT2D eigenvalue weighted by molar-refractivity contribution is 5.60. The lowest BCUT2D eigenvalue weighted by Gasteiger charge is -2.14. The minimum atomic E-state index is -0.633. The first kappa shape index (κ1) is 9.48. The monoisotopic (exact) mass is 215 g/mol. The molecule has 16 heavy (non-hydrogen) atoms. The summed E-state index contributed by atoms with van der Waals surface area (Å²) in [5.74, 6) is 0.733. The second kappa shape index (κ2) is 3.39. The van der Waals surface area contributed by atoms with Gasteiger partial charge in [-0.25, -0.2) is 0 Å². The first-order valence-corrected chi connectivity index (χ1v) is 5.38. The van der Waals surface area contributed by atoms with E-state index in [2.05, 4.69) is 5.32 Å². The van der Waals surface area contributed by atoms with Gasteiger partial charge in [0.05, 0.1) is 5.70 Å². The first-order valence-electron chi connectivity index (χ1n) is 5.38. The fourth-order valence-corrected chi connectivity index (χ4v) is 2.15. The van der Waals surface area contributed by atoms with E-state index >= 15 is 0 Å². The molecule has 0 aromatic heterocycles. The minimum absolute atomic E-state index is 0.0745. The molecule has 1 heterocycles. The predicted molar refractivity (Wildman–Crippen MR) is 61.1 cm³/mol. The van der Waals surface area contributed by atoms with Gasteiger partial charge >= 0.3 is 0 Å². The summed E-state index contributed by atoms with van der Waals surface area (Å²) < 4.78 is 5.57. The molecule has 0 saturated heterocycles. The quantitative estimate of drug-likeness (QED) is 0.694. The normalized spacial score (nSPS) is 26.6. The predicted octanol–water partition coefficient (Wildman–Crippen LogP) is 1.92. The molecule has 2 aliphatic rings. The largest absolute Gasteiger partial charge is 0.469 e. The Bertz CT molecular complexity index is 490. The third-order valence-electron chi connectivity index (χ3n) is 2.91. The molecule has 0 spiro atoms. The van der Waals surface area contributed by atoms with Gasteiger partial charge in [0.25, 0.3) is 0 Å². The van der Waals surface area contributed by atoms with Gasteiger partial charge in [-0.3, -0.25) is 0 Å². The number of hydrogen-bond donors (Lipinski definition) is 2. The number of aliphatic hydroxyl groups excluding tert-OH is 1. The third kappa shape index (κ3) is 1.32. The summed E-state index contributed by atoms with van der Waals surface area (Å²) in [5.41, 5.74) is 2.70. The Balaban J connectivity index is 2.10. The van der Waals surface area contributed by atoms with Crippen molar-refractivity contribution < 1.29 is 9.84 Å². The lowest BCUT2D eigenvalue weighted by Crippen LogP contribution is -2.23. The summed E-state index contributed by atoms with van der Waals surface area (Å²) in [7, 11) is 0. The number of ether oxygens (including phenoxy) is 1. The van der Waals surface area contributed by atoms with Gasteiger partial charge in [0, 0.05) is 0 Å². The van der Waals surface area contributed by atoms with Gasteiger partial charge in [-0.05, 0) is 24.1 Å². The molecule has 0 fully saturated rings. The maximum absolute atomic E-state index is 10.3. The number of rotatable bonds is 0.